The maximum atomic E-state index is 12.2. The second kappa shape index (κ2) is 5.85. The number of rotatable bonds is 5. The molecule has 2 aromatic carbocycles. The summed E-state index contributed by atoms with van der Waals surface area (Å²) in [6.45, 7) is 0. The van der Waals surface area contributed by atoms with Crippen LogP contribution < -0.4 is 0 Å². The van der Waals surface area contributed by atoms with Crippen LogP contribution in [0.3, 0.4) is 0 Å². The largest absolute Gasteiger partial charge is 0.508 e. The Hall–Kier alpha value is -2.88. The van der Waals surface area contributed by atoms with Gasteiger partial charge in [-0.3, -0.25) is 9.59 Å². The molecule has 4 nitrogen and oxygen atoms in total. The van der Waals surface area contributed by atoms with E-state index >= 15 is 0 Å². The van der Waals surface area contributed by atoms with Crippen molar-refractivity contribution in [2.45, 2.75) is 12.8 Å². The number of furan rings is 1. The molecule has 3 aromatic rings. The smallest absolute Gasteiger partial charge is 0.163 e. The highest BCUT2D eigenvalue weighted by Crippen LogP contribution is 2.19. The minimum atomic E-state index is -0.113. The van der Waals surface area contributed by atoms with Crippen LogP contribution in [-0.4, -0.2) is 16.7 Å². The lowest BCUT2D eigenvalue weighted by Crippen LogP contribution is -2.05. The van der Waals surface area contributed by atoms with E-state index in [9.17, 15) is 14.7 Å². The Morgan fingerprint density at radius 3 is 2.23 bits per heavy atom. The number of hydrogen-bond acceptors (Lipinski definition) is 4. The van der Waals surface area contributed by atoms with Crippen LogP contribution in [0.1, 0.15) is 33.6 Å². The van der Waals surface area contributed by atoms with Crippen molar-refractivity contribution in [2.75, 3.05) is 0 Å². The molecule has 4 heteroatoms. The van der Waals surface area contributed by atoms with Gasteiger partial charge in [-0.1, -0.05) is 0 Å². The summed E-state index contributed by atoms with van der Waals surface area (Å²) in [6.07, 6.45) is 1.88. The van der Waals surface area contributed by atoms with E-state index in [0.29, 0.717) is 11.1 Å². The molecule has 0 amide bonds. The number of carbonyl (C=O) groups excluding carboxylic acids is 2. The molecule has 22 heavy (non-hydrogen) atoms. The van der Waals surface area contributed by atoms with Gasteiger partial charge >= 0.3 is 0 Å². The van der Waals surface area contributed by atoms with E-state index in [4.69, 9.17) is 4.42 Å². The van der Waals surface area contributed by atoms with Crippen molar-refractivity contribution >= 4 is 22.5 Å². The van der Waals surface area contributed by atoms with Gasteiger partial charge in [0.1, 0.15) is 11.3 Å². The van der Waals surface area contributed by atoms with Gasteiger partial charge in [-0.25, -0.2) is 0 Å². The SMILES string of the molecule is O=C(CCC(=O)c1ccc2occc2c1)c1ccc(O)cc1. The van der Waals surface area contributed by atoms with Crippen LogP contribution in [-0.2, 0) is 0 Å². The third-order valence-electron chi connectivity index (χ3n) is 3.54. The molecule has 1 heterocycles. The van der Waals surface area contributed by atoms with Crippen molar-refractivity contribution in [3.05, 3.63) is 65.9 Å². The summed E-state index contributed by atoms with van der Waals surface area (Å²) >= 11 is 0. The molecule has 0 radical (unpaired) electrons. The number of aromatic hydroxyl groups is 1. The summed E-state index contributed by atoms with van der Waals surface area (Å²) in [5.74, 6) is -0.0750. The molecule has 0 bridgehead atoms. The topological polar surface area (TPSA) is 67.5 Å². The minimum absolute atomic E-state index is 0.0739. The number of carbonyl (C=O) groups is 2. The number of fused-ring (bicyclic) bond motifs is 1. The Morgan fingerprint density at radius 2 is 1.50 bits per heavy atom. The molecule has 0 unspecified atom stereocenters. The molecule has 0 fully saturated rings. The third-order valence-corrected chi connectivity index (χ3v) is 3.54. The van der Waals surface area contributed by atoms with E-state index in [0.717, 1.165) is 11.0 Å². The van der Waals surface area contributed by atoms with Gasteiger partial charge in [0.2, 0.25) is 0 Å². The van der Waals surface area contributed by atoms with Crippen LogP contribution >= 0.6 is 0 Å². The first-order chi connectivity index (χ1) is 10.6. The normalized spacial score (nSPS) is 10.7. The Kier molecular flexibility index (Phi) is 3.74. The molecule has 3 rings (SSSR count). The van der Waals surface area contributed by atoms with Crippen molar-refractivity contribution in [1.82, 2.24) is 0 Å². The molecule has 0 saturated heterocycles. The fraction of sp³-hybridized carbons (Fsp3) is 0.111. The van der Waals surface area contributed by atoms with Crippen molar-refractivity contribution in [2.24, 2.45) is 0 Å². The second-order valence-corrected chi connectivity index (χ2v) is 5.07. The monoisotopic (exact) mass is 294 g/mol. The maximum Gasteiger partial charge on any atom is 0.163 e. The van der Waals surface area contributed by atoms with Crippen molar-refractivity contribution in [3.63, 3.8) is 0 Å². The molecule has 0 saturated carbocycles. The lowest BCUT2D eigenvalue weighted by atomic mass is 10.0. The Bertz CT molecular complexity index is 828. The Labute approximate surface area is 127 Å². The van der Waals surface area contributed by atoms with Crippen molar-refractivity contribution < 1.29 is 19.1 Å². The quantitative estimate of drug-likeness (QED) is 0.723. The van der Waals surface area contributed by atoms with E-state index in [-0.39, 0.29) is 30.2 Å². The summed E-state index contributed by atoms with van der Waals surface area (Å²) in [6, 6.07) is 13.1. The van der Waals surface area contributed by atoms with Crippen LogP contribution in [0, 0.1) is 0 Å². The lowest BCUT2D eigenvalue weighted by molar-refractivity contribution is 0.0917. The zero-order valence-electron chi connectivity index (χ0n) is 11.8. The van der Waals surface area contributed by atoms with Gasteiger partial charge in [0.25, 0.3) is 0 Å². The van der Waals surface area contributed by atoms with Crippen LogP contribution in [0.2, 0.25) is 0 Å². The number of phenols is 1. The third kappa shape index (κ3) is 2.91. The molecule has 0 aliphatic heterocycles. The Morgan fingerprint density at radius 1 is 0.864 bits per heavy atom. The average molecular weight is 294 g/mol. The summed E-state index contributed by atoms with van der Waals surface area (Å²) in [5, 5.41) is 10.1. The van der Waals surface area contributed by atoms with E-state index in [2.05, 4.69) is 0 Å². The standard InChI is InChI=1S/C18H14O4/c19-15-4-1-12(2-5-15)16(20)6-7-17(21)13-3-8-18-14(11-13)9-10-22-18/h1-5,8-11,19H,6-7H2. The average Bonchev–Trinajstić information content (AvgIpc) is 3.00. The fourth-order valence-corrected chi connectivity index (χ4v) is 2.30. The molecular weight excluding hydrogens is 280 g/mol. The lowest BCUT2D eigenvalue weighted by Gasteiger charge is -2.02. The molecule has 0 spiro atoms. The summed E-state index contributed by atoms with van der Waals surface area (Å²) in [7, 11) is 0. The molecule has 0 aliphatic carbocycles. The van der Waals surface area contributed by atoms with Gasteiger partial charge in [0, 0.05) is 29.4 Å². The second-order valence-electron chi connectivity index (χ2n) is 5.07. The van der Waals surface area contributed by atoms with Crippen LogP contribution in [0.5, 0.6) is 5.75 Å². The summed E-state index contributed by atoms with van der Waals surface area (Å²) in [4.78, 5) is 24.2. The number of ketones is 2. The van der Waals surface area contributed by atoms with Crippen molar-refractivity contribution in [1.29, 1.82) is 0 Å². The van der Waals surface area contributed by atoms with E-state index in [1.54, 1.807) is 42.7 Å². The van der Waals surface area contributed by atoms with E-state index in [1.807, 2.05) is 0 Å². The number of phenolic OH excluding ortho intramolecular Hbond substituents is 1. The van der Waals surface area contributed by atoms with Gasteiger partial charge in [0.15, 0.2) is 11.6 Å². The highest BCUT2D eigenvalue weighted by Gasteiger charge is 2.12. The number of hydrogen-bond donors (Lipinski definition) is 1. The number of benzene rings is 2. The molecule has 0 atom stereocenters. The van der Waals surface area contributed by atoms with Gasteiger partial charge in [0.05, 0.1) is 6.26 Å². The van der Waals surface area contributed by atoms with Crippen LogP contribution in [0.15, 0.2) is 59.2 Å². The van der Waals surface area contributed by atoms with E-state index < -0.39 is 0 Å². The Balaban J connectivity index is 1.66. The van der Waals surface area contributed by atoms with Gasteiger partial charge < -0.3 is 9.52 Å². The first-order valence-corrected chi connectivity index (χ1v) is 6.96. The first kappa shape index (κ1) is 14.1. The zero-order chi connectivity index (χ0) is 15.5. The molecule has 1 N–H and O–H groups in total. The molecule has 1 aromatic heterocycles. The highest BCUT2D eigenvalue weighted by molar-refractivity contribution is 6.03. The fourth-order valence-electron chi connectivity index (χ4n) is 2.30. The predicted molar refractivity (Wildman–Crippen MR) is 82.2 cm³/mol. The van der Waals surface area contributed by atoms with E-state index in [1.165, 1.54) is 12.1 Å². The highest BCUT2D eigenvalue weighted by atomic mass is 16.3. The minimum Gasteiger partial charge on any atom is -0.508 e. The van der Waals surface area contributed by atoms with Gasteiger partial charge in [-0.05, 0) is 48.5 Å². The first-order valence-electron chi connectivity index (χ1n) is 6.96. The van der Waals surface area contributed by atoms with Crippen molar-refractivity contribution in [3.8, 4) is 5.75 Å². The van der Waals surface area contributed by atoms with Gasteiger partial charge in [-0.15, -0.1) is 0 Å². The summed E-state index contributed by atoms with van der Waals surface area (Å²) < 4.78 is 5.23. The molecular formula is C18H14O4. The molecule has 0 aliphatic rings. The predicted octanol–water partition coefficient (Wildman–Crippen LogP) is 3.98. The number of Topliss-reactive ketones (excluding diaryl/α,β-unsaturated/α-hetero) is 2. The van der Waals surface area contributed by atoms with Crippen LogP contribution in [0.4, 0.5) is 0 Å². The summed E-state index contributed by atoms with van der Waals surface area (Å²) in [5.41, 5.74) is 1.81. The van der Waals surface area contributed by atoms with Crippen LogP contribution in [0.25, 0.3) is 11.0 Å². The maximum absolute atomic E-state index is 12.2. The zero-order valence-corrected chi connectivity index (χ0v) is 11.8. The van der Waals surface area contributed by atoms with Gasteiger partial charge in [-0.2, -0.15) is 0 Å². The molecule has 110 valence electrons.